The minimum atomic E-state index is -1.65. The highest BCUT2D eigenvalue weighted by Crippen LogP contribution is 2.25. The fourth-order valence-electron chi connectivity index (χ4n) is 2.03. The van der Waals surface area contributed by atoms with E-state index in [2.05, 4.69) is 24.3 Å². The Morgan fingerprint density at radius 3 is 2.00 bits per heavy atom. The van der Waals surface area contributed by atoms with E-state index in [9.17, 15) is 9.59 Å². The SMILES string of the molecule is CN(C)CCCNCCCCCCC(C)(C(=O)O)C(=O)O. The summed E-state index contributed by atoms with van der Waals surface area (Å²) in [6.45, 7) is 4.33. The van der Waals surface area contributed by atoms with E-state index < -0.39 is 17.4 Å². The smallest absolute Gasteiger partial charge is 0.320 e. The number of hydrogen-bond acceptors (Lipinski definition) is 4. The van der Waals surface area contributed by atoms with Gasteiger partial charge in [-0.25, -0.2) is 0 Å². The van der Waals surface area contributed by atoms with Crippen molar-refractivity contribution in [2.45, 2.75) is 45.4 Å². The van der Waals surface area contributed by atoms with Crippen LogP contribution in [0.3, 0.4) is 0 Å². The first-order valence-corrected chi connectivity index (χ1v) is 7.63. The van der Waals surface area contributed by atoms with Crippen molar-refractivity contribution in [2.24, 2.45) is 5.41 Å². The molecule has 0 radical (unpaired) electrons. The second-order valence-corrected chi connectivity index (χ2v) is 6.01. The van der Waals surface area contributed by atoms with Gasteiger partial charge in [0, 0.05) is 0 Å². The van der Waals surface area contributed by atoms with Crippen LogP contribution in [0.4, 0.5) is 0 Å². The number of carbonyl (C=O) groups is 2. The van der Waals surface area contributed by atoms with Crippen LogP contribution in [0.25, 0.3) is 0 Å². The van der Waals surface area contributed by atoms with Gasteiger partial charge in [0.15, 0.2) is 5.41 Å². The minimum absolute atomic E-state index is 0.188. The molecule has 0 aliphatic heterocycles. The van der Waals surface area contributed by atoms with Crippen molar-refractivity contribution in [3.63, 3.8) is 0 Å². The van der Waals surface area contributed by atoms with Crippen LogP contribution in [0.2, 0.25) is 0 Å². The van der Waals surface area contributed by atoms with Crippen LogP contribution in [0.5, 0.6) is 0 Å². The van der Waals surface area contributed by atoms with E-state index in [1.165, 1.54) is 6.92 Å². The molecule has 3 N–H and O–H groups in total. The third-order valence-corrected chi connectivity index (χ3v) is 3.68. The molecule has 0 aromatic heterocycles. The van der Waals surface area contributed by atoms with Gasteiger partial charge in [0.05, 0.1) is 0 Å². The first kappa shape index (κ1) is 19.9. The minimum Gasteiger partial charge on any atom is -0.480 e. The Labute approximate surface area is 127 Å². The summed E-state index contributed by atoms with van der Waals surface area (Å²) in [6, 6.07) is 0. The van der Waals surface area contributed by atoms with Gasteiger partial charge in [-0.2, -0.15) is 0 Å². The predicted molar refractivity (Wildman–Crippen MR) is 82.5 cm³/mol. The highest BCUT2D eigenvalue weighted by Gasteiger charge is 2.40. The molecule has 124 valence electrons. The third-order valence-electron chi connectivity index (χ3n) is 3.68. The Bertz CT molecular complexity index is 305. The lowest BCUT2D eigenvalue weighted by molar-refractivity contribution is -0.163. The van der Waals surface area contributed by atoms with E-state index >= 15 is 0 Å². The highest BCUT2D eigenvalue weighted by atomic mass is 16.4. The number of nitrogens with one attached hydrogen (secondary N) is 1. The Morgan fingerprint density at radius 1 is 0.952 bits per heavy atom. The first-order chi connectivity index (χ1) is 9.80. The number of rotatable bonds is 13. The summed E-state index contributed by atoms with van der Waals surface area (Å²) in [5.74, 6) is -2.50. The Kier molecular flexibility index (Phi) is 9.99. The summed E-state index contributed by atoms with van der Waals surface area (Å²) < 4.78 is 0. The van der Waals surface area contributed by atoms with Crippen LogP contribution in [0, 0.1) is 5.41 Å². The first-order valence-electron chi connectivity index (χ1n) is 7.63. The second kappa shape index (κ2) is 10.6. The maximum absolute atomic E-state index is 11.0. The van der Waals surface area contributed by atoms with Crippen molar-refractivity contribution >= 4 is 11.9 Å². The lowest BCUT2D eigenvalue weighted by Gasteiger charge is -2.19. The molecule has 0 saturated carbocycles. The molecular formula is C15H30N2O4. The molecule has 0 bridgehead atoms. The number of carboxylic acid groups (broad SMARTS) is 2. The molecule has 0 aliphatic carbocycles. The number of aliphatic carboxylic acids is 2. The zero-order chi connectivity index (χ0) is 16.3. The average Bonchev–Trinajstić information content (AvgIpc) is 2.39. The summed E-state index contributed by atoms with van der Waals surface area (Å²) in [5, 5.41) is 21.3. The number of carboxylic acids is 2. The van der Waals surface area contributed by atoms with Crippen molar-refractivity contribution in [2.75, 3.05) is 33.7 Å². The molecule has 0 unspecified atom stereocenters. The van der Waals surface area contributed by atoms with Crippen molar-refractivity contribution < 1.29 is 19.8 Å². The van der Waals surface area contributed by atoms with Crippen LogP contribution in [0.15, 0.2) is 0 Å². The zero-order valence-electron chi connectivity index (χ0n) is 13.5. The largest absolute Gasteiger partial charge is 0.480 e. The molecular weight excluding hydrogens is 272 g/mol. The fourth-order valence-corrected chi connectivity index (χ4v) is 2.03. The monoisotopic (exact) mass is 302 g/mol. The summed E-state index contributed by atoms with van der Waals surface area (Å²) in [6.07, 6.45) is 4.86. The standard InChI is InChI=1S/C15H30N2O4/c1-15(13(18)19,14(20)21)9-6-4-5-7-10-16-11-8-12-17(2)3/h16H,4-12H2,1-3H3,(H,18,19)(H,20,21). The maximum atomic E-state index is 11.0. The fraction of sp³-hybridized carbons (Fsp3) is 0.867. The average molecular weight is 302 g/mol. The molecule has 0 amide bonds. The number of nitrogens with zero attached hydrogens (tertiary/aromatic N) is 1. The Balaban J connectivity index is 3.56. The molecule has 0 spiro atoms. The van der Waals surface area contributed by atoms with E-state index in [4.69, 9.17) is 10.2 Å². The molecule has 0 aliphatic rings. The van der Waals surface area contributed by atoms with Crippen LogP contribution >= 0.6 is 0 Å². The summed E-state index contributed by atoms with van der Waals surface area (Å²) in [4.78, 5) is 24.1. The Morgan fingerprint density at radius 2 is 1.48 bits per heavy atom. The second-order valence-electron chi connectivity index (χ2n) is 6.01. The van der Waals surface area contributed by atoms with Crippen molar-refractivity contribution in [3.05, 3.63) is 0 Å². The van der Waals surface area contributed by atoms with Crippen LogP contribution < -0.4 is 5.32 Å². The molecule has 0 aromatic carbocycles. The van der Waals surface area contributed by atoms with Crippen LogP contribution in [-0.4, -0.2) is 60.8 Å². The molecule has 0 rings (SSSR count). The van der Waals surface area contributed by atoms with Gasteiger partial charge in [0.1, 0.15) is 0 Å². The molecule has 6 nitrogen and oxygen atoms in total. The highest BCUT2D eigenvalue weighted by molar-refractivity contribution is 5.97. The third kappa shape index (κ3) is 8.67. The van der Waals surface area contributed by atoms with Crippen LogP contribution in [-0.2, 0) is 9.59 Å². The van der Waals surface area contributed by atoms with Crippen molar-refractivity contribution in [1.82, 2.24) is 10.2 Å². The molecule has 0 fully saturated rings. The summed E-state index contributed by atoms with van der Waals surface area (Å²) in [5.41, 5.74) is -1.65. The summed E-state index contributed by atoms with van der Waals surface area (Å²) in [7, 11) is 4.12. The van der Waals surface area contributed by atoms with E-state index in [1.807, 2.05) is 0 Å². The number of unbranched alkanes of at least 4 members (excludes halogenated alkanes) is 3. The van der Waals surface area contributed by atoms with Crippen LogP contribution in [0.1, 0.15) is 45.4 Å². The van der Waals surface area contributed by atoms with Gasteiger partial charge in [0.2, 0.25) is 0 Å². The zero-order valence-corrected chi connectivity index (χ0v) is 13.5. The van der Waals surface area contributed by atoms with E-state index in [1.54, 1.807) is 0 Å². The van der Waals surface area contributed by atoms with Gasteiger partial charge in [-0.3, -0.25) is 9.59 Å². The molecule has 0 heterocycles. The van der Waals surface area contributed by atoms with Gasteiger partial charge in [-0.05, 0) is 59.9 Å². The topological polar surface area (TPSA) is 89.9 Å². The Hall–Kier alpha value is -1.14. The lowest BCUT2D eigenvalue weighted by Crippen LogP contribution is -2.36. The van der Waals surface area contributed by atoms with Gasteiger partial charge in [0.25, 0.3) is 0 Å². The quantitative estimate of drug-likeness (QED) is 0.354. The van der Waals surface area contributed by atoms with Gasteiger partial charge < -0.3 is 20.4 Å². The van der Waals surface area contributed by atoms with Crippen molar-refractivity contribution in [1.29, 1.82) is 0 Å². The van der Waals surface area contributed by atoms with Gasteiger partial charge in [-0.1, -0.05) is 19.3 Å². The molecule has 21 heavy (non-hydrogen) atoms. The van der Waals surface area contributed by atoms with Gasteiger partial charge >= 0.3 is 11.9 Å². The van der Waals surface area contributed by atoms with Crippen molar-refractivity contribution in [3.8, 4) is 0 Å². The number of hydrogen-bond donors (Lipinski definition) is 3. The van der Waals surface area contributed by atoms with E-state index in [-0.39, 0.29) is 6.42 Å². The van der Waals surface area contributed by atoms with E-state index in [0.717, 1.165) is 45.3 Å². The van der Waals surface area contributed by atoms with Gasteiger partial charge in [-0.15, -0.1) is 0 Å². The molecule has 0 aromatic rings. The lowest BCUT2D eigenvalue weighted by atomic mass is 9.85. The summed E-state index contributed by atoms with van der Waals surface area (Å²) >= 11 is 0. The predicted octanol–water partition coefficient (Wildman–Crippen LogP) is 1.65. The molecule has 0 saturated heterocycles. The molecule has 0 atom stereocenters. The van der Waals surface area contributed by atoms with E-state index in [0.29, 0.717) is 6.42 Å². The normalized spacial score (nSPS) is 11.8. The molecule has 6 heteroatoms. The maximum Gasteiger partial charge on any atom is 0.320 e.